The highest BCUT2D eigenvalue weighted by Crippen LogP contribution is 2.26. The maximum atomic E-state index is 12.8. The molecular formula is C19H19N3O2S. The Morgan fingerprint density at radius 3 is 2.76 bits per heavy atom. The van der Waals surface area contributed by atoms with E-state index in [1.54, 1.807) is 18.4 Å². The number of benzene rings is 1. The van der Waals surface area contributed by atoms with Gasteiger partial charge in [0, 0.05) is 5.69 Å². The first-order chi connectivity index (χ1) is 12.1. The molecular weight excluding hydrogens is 334 g/mol. The van der Waals surface area contributed by atoms with Gasteiger partial charge in [-0.3, -0.25) is 4.79 Å². The normalized spacial score (nSPS) is 10.7. The molecule has 2 heterocycles. The van der Waals surface area contributed by atoms with Crippen molar-refractivity contribution in [2.45, 2.75) is 25.3 Å². The standard InChI is InChI=1S/C19H19N3O2S/c1-4-13-7-5-8-14(11-13)21-18(23)16-12(2)20-17(22-19(16)25-3)15-9-6-10-24-15/h5-11H,4H2,1-3H3,(H,21,23). The van der Waals surface area contributed by atoms with Crippen molar-refractivity contribution in [3.63, 3.8) is 0 Å². The minimum atomic E-state index is -0.207. The van der Waals surface area contributed by atoms with Crippen molar-refractivity contribution >= 4 is 23.4 Å². The number of thioether (sulfide) groups is 1. The van der Waals surface area contributed by atoms with Gasteiger partial charge in [0.25, 0.3) is 5.91 Å². The van der Waals surface area contributed by atoms with Crippen molar-refractivity contribution in [3.05, 3.63) is 59.5 Å². The third kappa shape index (κ3) is 3.74. The number of rotatable bonds is 5. The summed E-state index contributed by atoms with van der Waals surface area (Å²) in [5.41, 5.74) is 3.05. The first-order valence-electron chi connectivity index (χ1n) is 7.99. The van der Waals surface area contributed by atoms with E-state index in [2.05, 4.69) is 22.2 Å². The van der Waals surface area contributed by atoms with E-state index in [0.717, 1.165) is 12.1 Å². The second-order valence-corrected chi connectivity index (χ2v) is 6.30. The molecule has 3 rings (SSSR count). The zero-order valence-corrected chi connectivity index (χ0v) is 15.2. The highest BCUT2D eigenvalue weighted by atomic mass is 32.2. The summed E-state index contributed by atoms with van der Waals surface area (Å²) in [6.07, 6.45) is 4.38. The van der Waals surface area contributed by atoms with Crippen LogP contribution >= 0.6 is 11.8 Å². The molecule has 0 fully saturated rings. The fourth-order valence-electron chi connectivity index (χ4n) is 2.53. The summed E-state index contributed by atoms with van der Waals surface area (Å²) in [6, 6.07) is 11.4. The molecule has 1 amide bonds. The van der Waals surface area contributed by atoms with Crippen LogP contribution in [0.2, 0.25) is 0 Å². The third-order valence-electron chi connectivity index (χ3n) is 3.81. The lowest BCUT2D eigenvalue weighted by atomic mass is 10.1. The van der Waals surface area contributed by atoms with E-state index >= 15 is 0 Å². The summed E-state index contributed by atoms with van der Waals surface area (Å²) in [5.74, 6) is 0.860. The molecule has 0 saturated heterocycles. The number of anilines is 1. The van der Waals surface area contributed by atoms with E-state index in [-0.39, 0.29) is 5.91 Å². The average Bonchev–Trinajstić information content (AvgIpc) is 3.15. The predicted octanol–water partition coefficient (Wildman–Crippen LogP) is 4.58. The van der Waals surface area contributed by atoms with Gasteiger partial charge < -0.3 is 9.73 Å². The van der Waals surface area contributed by atoms with Gasteiger partial charge in [-0.15, -0.1) is 11.8 Å². The maximum absolute atomic E-state index is 12.8. The number of aromatic nitrogens is 2. The van der Waals surface area contributed by atoms with Crippen molar-refractivity contribution in [2.75, 3.05) is 11.6 Å². The van der Waals surface area contributed by atoms with Crippen LogP contribution < -0.4 is 5.32 Å². The van der Waals surface area contributed by atoms with Crippen LogP contribution in [-0.4, -0.2) is 22.1 Å². The summed E-state index contributed by atoms with van der Waals surface area (Å²) < 4.78 is 5.36. The Labute approximate surface area is 150 Å². The fourth-order valence-corrected chi connectivity index (χ4v) is 3.16. The number of furan rings is 1. The Balaban J connectivity index is 1.94. The Hall–Kier alpha value is -2.60. The van der Waals surface area contributed by atoms with Crippen LogP contribution in [0.25, 0.3) is 11.6 Å². The number of nitrogens with zero attached hydrogens (tertiary/aromatic N) is 2. The Morgan fingerprint density at radius 1 is 1.24 bits per heavy atom. The van der Waals surface area contributed by atoms with Crippen molar-refractivity contribution in [2.24, 2.45) is 0 Å². The number of nitrogens with one attached hydrogen (secondary N) is 1. The summed E-state index contributed by atoms with van der Waals surface area (Å²) >= 11 is 1.41. The van der Waals surface area contributed by atoms with Gasteiger partial charge in [0.15, 0.2) is 11.6 Å². The Bertz CT molecular complexity index is 892. The lowest BCUT2D eigenvalue weighted by Gasteiger charge is -2.12. The van der Waals surface area contributed by atoms with Crippen LogP contribution in [0.5, 0.6) is 0 Å². The number of aryl methyl sites for hydroxylation is 2. The second kappa shape index (κ2) is 7.53. The first kappa shape index (κ1) is 17.2. The van der Waals surface area contributed by atoms with Crippen molar-refractivity contribution in [1.29, 1.82) is 0 Å². The van der Waals surface area contributed by atoms with E-state index in [1.165, 1.54) is 17.3 Å². The van der Waals surface area contributed by atoms with Crippen LogP contribution in [0.1, 0.15) is 28.5 Å². The first-order valence-corrected chi connectivity index (χ1v) is 9.21. The fraction of sp³-hybridized carbons (Fsp3) is 0.211. The monoisotopic (exact) mass is 353 g/mol. The van der Waals surface area contributed by atoms with Gasteiger partial charge in [-0.2, -0.15) is 0 Å². The van der Waals surface area contributed by atoms with Gasteiger partial charge in [0.2, 0.25) is 0 Å². The smallest absolute Gasteiger partial charge is 0.260 e. The molecule has 3 aromatic rings. The number of hydrogen-bond donors (Lipinski definition) is 1. The SMILES string of the molecule is CCc1cccc(NC(=O)c2c(C)nc(-c3ccco3)nc2SC)c1. The molecule has 1 aromatic carbocycles. The van der Waals surface area contributed by atoms with Crippen molar-refractivity contribution in [1.82, 2.24) is 9.97 Å². The highest BCUT2D eigenvalue weighted by molar-refractivity contribution is 7.98. The minimum absolute atomic E-state index is 0.207. The quantitative estimate of drug-likeness (QED) is 0.537. The Kier molecular flexibility index (Phi) is 5.19. The molecule has 5 nitrogen and oxygen atoms in total. The molecule has 25 heavy (non-hydrogen) atoms. The molecule has 0 radical (unpaired) electrons. The van der Waals surface area contributed by atoms with Crippen LogP contribution in [0.3, 0.4) is 0 Å². The molecule has 0 aliphatic carbocycles. The molecule has 0 atom stereocenters. The number of carbonyl (C=O) groups excluding carboxylic acids is 1. The van der Waals surface area contributed by atoms with Crippen LogP contribution in [-0.2, 0) is 6.42 Å². The lowest BCUT2D eigenvalue weighted by molar-refractivity contribution is 0.102. The maximum Gasteiger partial charge on any atom is 0.260 e. The van der Waals surface area contributed by atoms with E-state index in [1.807, 2.05) is 37.4 Å². The number of carbonyl (C=O) groups is 1. The summed E-state index contributed by atoms with van der Waals surface area (Å²) in [5, 5.41) is 3.57. The number of amides is 1. The van der Waals surface area contributed by atoms with Gasteiger partial charge in [-0.1, -0.05) is 19.1 Å². The van der Waals surface area contributed by atoms with Crippen LogP contribution in [0, 0.1) is 6.92 Å². The molecule has 0 bridgehead atoms. The second-order valence-electron chi connectivity index (χ2n) is 5.50. The summed E-state index contributed by atoms with van der Waals surface area (Å²) in [7, 11) is 0. The minimum Gasteiger partial charge on any atom is -0.461 e. The molecule has 0 aliphatic heterocycles. The predicted molar refractivity (Wildman–Crippen MR) is 100 cm³/mol. The molecule has 128 valence electrons. The largest absolute Gasteiger partial charge is 0.461 e. The van der Waals surface area contributed by atoms with Gasteiger partial charge >= 0.3 is 0 Å². The van der Waals surface area contributed by atoms with Gasteiger partial charge in [0.05, 0.1) is 17.5 Å². The molecule has 0 unspecified atom stereocenters. The van der Waals surface area contributed by atoms with Crippen molar-refractivity contribution < 1.29 is 9.21 Å². The van der Waals surface area contributed by atoms with E-state index in [0.29, 0.717) is 27.9 Å². The lowest BCUT2D eigenvalue weighted by Crippen LogP contribution is -2.17. The topological polar surface area (TPSA) is 68.0 Å². The summed E-state index contributed by atoms with van der Waals surface area (Å²) in [4.78, 5) is 21.7. The third-order valence-corrected chi connectivity index (χ3v) is 4.49. The van der Waals surface area contributed by atoms with Gasteiger partial charge in [0.1, 0.15) is 5.03 Å². The highest BCUT2D eigenvalue weighted by Gasteiger charge is 2.20. The zero-order chi connectivity index (χ0) is 17.8. The number of hydrogen-bond acceptors (Lipinski definition) is 5. The molecule has 0 aliphatic rings. The average molecular weight is 353 g/mol. The molecule has 2 aromatic heterocycles. The van der Waals surface area contributed by atoms with E-state index in [4.69, 9.17) is 4.42 Å². The van der Waals surface area contributed by atoms with E-state index < -0.39 is 0 Å². The van der Waals surface area contributed by atoms with Crippen molar-refractivity contribution in [3.8, 4) is 11.6 Å². The molecule has 6 heteroatoms. The van der Waals surface area contributed by atoms with Gasteiger partial charge in [-0.25, -0.2) is 9.97 Å². The molecule has 0 spiro atoms. The van der Waals surface area contributed by atoms with Gasteiger partial charge in [-0.05, 0) is 49.4 Å². The molecule has 1 N–H and O–H groups in total. The molecule has 0 saturated carbocycles. The summed E-state index contributed by atoms with van der Waals surface area (Å²) in [6.45, 7) is 3.89. The van der Waals surface area contributed by atoms with Crippen LogP contribution in [0.4, 0.5) is 5.69 Å². The van der Waals surface area contributed by atoms with E-state index in [9.17, 15) is 4.79 Å². The van der Waals surface area contributed by atoms with Crippen LogP contribution in [0.15, 0.2) is 52.1 Å². The Morgan fingerprint density at radius 2 is 2.08 bits per heavy atom. The zero-order valence-electron chi connectivity index (χ0n) is 14.4.